The molecule has 4 rings (SSSR count). The molecule has 10 heteroatoms. The molecule has 1 amide bonds. The zero-order valence-corrected chi connectivity index (χ0v) is 19.4. The van der Waals surface area contributed by atoms with Crippen LogP contribution in [0.3, 0.4) is 0 Å². The fourth-order valence-corrected chi connectivity index (χ4v) is 3.70. The molecule has 0 bridgehead atoms. The van der Waals surface area contributed by atoms with Crippen molar-refractivity contribution in [1.82, 2.24) is 14.9 Å². The van der Waals surface area contributed by atoms with Crippen LogP contribution in [-0.4, -0.2) is 67.2 Å². The van der Waals surface area contributed by atoms with Crippen molar-refractivity contribution in [1.29, 1.82) is 5.26 Å². The van der Waals surface area contributed by atoms with Gasteiger partial charge < -0.3 is 19.7 Å². The lowest BCUT2D eigenvalue weighted by atomic mass is 10.1. The van der Waals surface area contributed by atoms with E-state index in [1.165, 1.54) is 14.2 Å². The van der Waals surface area contributed by atoms with Crippen molar-refractivity contribution in [2.45, 2.75) is 0 Å². The molecule has 1 aliphatic heterocycles. The summed E-state index contributed by atoms with van der Waals surface area (Å²) >= 11 is 0. The first-order valence-corrected chi connectivity index (χ1v) is 10.9. The van der Waals surface area contributed by atoms with E-state index in [1.807, 2.05) is 12.1 Å². The molecule has 10 nitrogen and oxygen atoms in total. The number of benzene rings is 2. The van der Waals surface area contributed by atoms with Crippen LogP contribution in [0.25, 0.3) is 11.3 Å². The zero-order chi connectivity index (χ0) is 24.8. The van der Waals surface area contributed by atoms with Crippen LogP contribution < -0.4 is 10.2 Å². The second kappa shape index (κ2) is 10.6. The first-order valence-electron chi connectivity index (χ1n) is 10.9. The molecule has 1 saturated heterocycles. The van der Waals surface area contributed by atoms with E-state index in [0.717, 1.165) is 16.2 Å². The van der Waals surface area contributed by atoms with Crippen LogP contribution in [0.1, 0.15) is 20.7 Å². The Bertz CT molecular complexity index is 1270. The number of hydrogen-bond acceptors (Lipinski definition) is 9. The molecule has 35 heavy (non-hydrogen) atoms. The Morgan fingerprint density at radius 3 is 2.57 bits per heavy atom. The van der Waals surface area contributed by atoms with Crippen molar-refractivity contribution < 1.29 is 19.1 Å². The maximum atomic E-state index is 12.5. The number of methoxy groups -OCH3 is 1. The van der Waals surface area contributed by atoms with E-state index in [4.69, 9.17) is 14.7 Å². The smallest absolute Gasteiger partial charge is 0.340 e. The number of morpholine rings is 1. The topological polar surface area (TPSA) is 121 Å². The number of amides is 1. The van der Waals surface area contributed by atoms with Crippen LogP contribution in [-0.2, 0) is 9.47 Å². The number of aromatic nitrogens is 2. The third kappa shape index (κ3) is 5.37. The standard InChI is InChI=1S/C25H24N6O4/c1-30(16-26)23(32)18-5-3-17(4-6-18)21-9-10-27-25(29-21)28-19-7-8-22(20(15-19)24(33)34-2)31-11-13-35-14-12-31/h3-10,15H,11-14H2,1-2H3,(H,27,28,29). The van der Waals surface area contributed by atoms with Crippen LogP contribution >= 0.6 is 0 Å². The number of nitriles is 1. The lowest BCUT2D eigenvalue weighted by Crippen LogP contribution is -2.37. The Morgan fingerprint density at radius 1 is 1.14 bits per heavy atom. The highest BCUT2D eigenvalue weighted by Crippen LogP contribution is 2.28. The minimum atomic E-state index is -0.429. The zero-order valence-electron chi connectivity index (χ0n) is 19.4. The fourth-order valence-electron chi connectivity index (χ4n) is 3.70. The molecule has 0 aliphatic carbocycles. The normalized spacial score (nSPS) is 13.0. The Balaban J connectivity index is 1.56. The largest absolute Gasteiger partial charge is 0.465 e. The number of carbonyl (C=O) groups excluding carboxylic acids is 2. The van der Waals surface area contributed by atoms with E-state index in [1.54, 1.807) is 48.8 Å². The Morgan fingerprint density at radius 2 is 1.89 bits per heavy atom. The van der Waals surface area contributed by atoms with Gasteiger partial charge in [-0.1, -0.05) is 12.1 Å². The van der Waals surface area contributed by atoms with Crippen molar-refractivity contribution >= 4 is 29.2 Å². The maximum absolute atomic E-state index is 12.5. The van der Waals surface area contributed by atoms with Gasteiger partial charge in [0.2, 0.25) is 5.95 Å². The van der Waals surface area contributed by atoms with E-state index in [2.05, 4.69) is 20.2 Å². The average molecular weight is 473 g/mol. The van der Waals surface area contributed by atoms with Crippen LogP contribution in [0.15, 0.2) is 54.7 Å². The molecule has 178 valence electrons. The van der Waals surface area contributed by atoms with E-state index in [9.17, 15) is 9.59 Å². The predicted octanol–water partition coefficient (Wildman–Crippen LogP) is 3.06. The summed E-state index contributed by atoms with van der Waals surface area (Å²) in [6.07, 6.45) is 3.42. The van der Waals surface area contributed by atoms with Crippen molar-refractivity contribution in [2.75, 3.05) is 50.7 Å². The number of ether oxygens (including phenoxy) is 2. The molecule has 1 aliphatic rings. The summed E-state index contributed by atoms with van der Waals surface area (Å²) in [6.45, 7) is 2.59. The average Bonchev–Trinajstić information content (AvgIpc) is 2.92. The van der Waals surface area contributed by atoms with Gasteiger partial charge in [-0.2, -0.15) is 5.26 Å². The van der Waals surface area contributed by atoms with Gasteiger partial charge in [0.25, 0.3) is 5.91 Å². The summed E-state index contributed by atoms with van der Waals surface area (Å²) in [5, 5.41) is 12.0. The van der Waals surface area contributed by atoms with E-state index in [0.29, 0.717) is 54.8 Å². The molecule has 0 atom stereocenters. The number of anilines is 3. The van der Waals surface area contributed by atoms with Crippen molar-refractivity contribution in [2.24, 2.45) is 0 Å². The second-order valence-electron chi connectivity index (χ2n) is 7.75. The maximum Gasteiger partial charge on any atom is 0.340 e. The summed E-state index contributed by atoms with van der Waals surface area (Å²) in [6, 6.07) is 14.0. The lowest BCUT2D eigenvalue weighted by Gasteiger charge is -2.30. The first-order chi connectivity index (χ1) is 17.0. The molecular formula is C25H24N6O4. The molecule has 0 radical (unpaired) electrons. The number of rotatable bonds is 6. The Kier molecular flexibility index (Phi) is 7.18. The minimum Gasteiger partial charge on any atom is -0.465 e. The number of carbonyl (C=O) groups is 2. The van der Waals surface area contributed by atoms with E-state index < -0.39 is 5.97 Å². The number of nitrogens with zero attached hydrogens (tertiary/aromatic N) is 5. The van der Waals surface area contributed by atoms with E-state index in [-0.39, 0.29) is 5.91 Å². The number of esters is 1. The molecule has 0 unspecified atom stereocenters. The quantitative estimate of drug-likeness (QED) is 0.328. The van der Waals surface area contributed by atoms with Crippen molar-refractivity contribution in [3.05, 3.63) is 65.9 Å². The van der Waals surface area contributed by atoms with Gasteiger partial charge >= 0.3 is 5.97 Å². The first kappa shape index (κ1) is 23.7. The van der Waals surface area contributed by atoms with Crippen molar-refractivity contribution in [3.63, 3.8) is 0 Å². The lowest BCUT2D eigenvalue weighted by molar-refractivity contribution is 0.0600. The summed E-state index contributed by atoms with van der Waals surface area (Å²) in [5.41, 5.74) is 3.70. The molecule has 2 heterocycles. The third-order valence-electron chi connectivity index (χ3n) is 5.55. The SMILES string of the molecule is COC(=O)c1cc(Nc2nccc(-c3ccc(C(=O)N(C)C#N)cc3)n2)ccc1N1CCOCC1. The highest BCUT2D eigenvalue weighted by Gasteiger charge is 2.20. The Labute approximate surface area is 202 Å². The van der Waals surface area contributed by atoms with Crippen molar-refractivity contribution in [3.8, 4) is 17.5 Å². The molecule has 0 saturated carbocycles. The fraction of sp³-hybridized carbons (Fsp3) is 0.240. The number of nitrogens with one attached hydrogen (secondary N) is 1. The van der Waals surface area contributed by atoms with Crippen LogP contribution in [0.5, 0.6) is 0 Å². The van der Waals surface area contributed by atoms with Gasteiger partial charge in [0.15, 0.2) is 6.19 Å². The highest BCUT2D eigenvalue weighted by atomic mass is 16.5. The molecule has 1 fully saturated rings. The Hall–Kier alpha value is -4.49. The predicted molar refractivity (Wildman–Crippen MR) is 129 cm³/mol. The van der Waals surface area contributed by atoms with Gasteiger partial charge in [-0.15, -0.1) is 0 Å². The van der Waals surface area contributed by atoms with Gasteiger partial charge in [-0.25, -0.2) is 19.7 Å². The summed E-state index contributed by atoms with van der Waals surface area (Å²) in [5.74, 6) is -0.464. The molecule has 1 N–H and O–H groups in total. The summed E-state index contributed by atoms with van der Waals surface area (Å²) in [7, 11) is 2.77. The number of hydrogen-bond donors (Lipinski definition) is 1. The summed E-state index contributed by atoms with van der Waals surface area (Å²) < 4.78 is 10.4. The minimum absolute atomic E-state index is 0.349. The van der Waals surface area contributed by atoms with Gasteiger partial charge in [-0.05, 0) is 36.4 Å². The second-order valence-corrected chi connectivity index (χ2v) is 7.75. The van der Waals surface area contributed by atoms with Crippen LogP contribution in [0.2, 0.25) is 0 Å². The molecular weight excluding hydrogens is 448 g/mol. The van der Waals surface area contributed by atoms with Gasteiger partial charge in [0.1, 0.15) is 0 Å². The molecule has 1 aromatic heterocycles. The van der Waals surface area contributed by atoms with E-state index >= 15 is 0 Å². The summed E-state index contributed by atoms with van der Waals surface area (Å²) in [4.78, 5) is 36.5. The molecule has 2 aromatic carbocycles. The van der Waals surface area contributed by atoms with Crippen LogP contribution in [0, 0.1) is 11.5 Å². The third-order valence-corrected chi connectivity index (χ3v) is 5.55. The van der Waals surface area contributed by atoms with Gasteiger partial charge in [0.05, 0.1) is 37.3 Å². The van der Waals surface area contributed by atoms with Gasteiger partial charge in [0, 0.05) is 43.1 Å². The highest BCUT2D eigenvalue weighted by molar-refractivity contribution is 5.97. The van der Waals surface area contributed by atoms with Crippen LogP contribution in [0.4, 0.5) is 17.3 Å². The van der Waals surface area contributed by atoms with Gasteiger partial charge in [-0.3, -0.25) is 4.79 Å². The molecule has 3 aromatic rings. The monoisotopic (exact) mass is 472 g/mol. The molecule has 0 spiro atoms.